The Morgan fingerprint density at radius 3 is 2.80 bits per heavy atom. The molecule has 2 heterocycles. The molecule has 0 spiro atoms. The molecule has 3 rings (SSSR count). The first kappa shape index (κ1) is 18.0. The third-order valence-corrected chi connectivity index (χ3v) is 4.52. The van der Waals surface area contributed by atoms with Crippen molar-refractivity contribution in [3.8, 4) is 0 Å². The zero-order chi connectivity index (χ0) is 17.6. The molecule has 0 unspecified atom stereocenters. The largest absolute Gasteiger partial charge is 0.387 e. The average molecular weight is 348 g/mol. The standard InChI is InChI=1S/C18H25FN4O2/c1-2-18-20-17(21-25-18)13-23-8-4-7-22(9-10-23)12-16(24)14-5-3-6-15(19)11-14/h3,5-6,11,16,24H,2,4,7-10,12-13H2,1H3/t16-/m0/s1. The predicted octanol–water partition coefficient (Wildman–Crippen LogP) is 2.01. The fourth-order valence-electron chi connectivity index (χ4n) is 3.13. The summed E-state index contributed by atoms with van der Waals surface area (Å²) in [5.41, 5.74) is 0.625. The Kier molecular flexibility index (Phi) is 6.12. The zero-order valence-electron chi connectivity index (χ0n) is 14.6. The predicted molar refractivity (Wildman–Crippen MR) is 91.4 cm³/mol. The Bertz CT molecular complexity index is 679. The van der Waals surface area contributed by atoms with E-state index < -0.39 is 6.10 Å². The maximum absolute atomic E-state index is 13.3. The quantitative estimate of drug-likeness (QED) is 0.861. The second-order valence-electron chi connectivity index (χ2n) is 6.46. The van der Waals surface area contributed by atoms with Crippen LogP contribution in [-0.2, 0) is 13.0 Å². The summed E-state index contributed by atoms with van der Waals surface area (Å²) >= 11 is 0. The molecule has 1 atom stereocenters. The molecule has 1 aliphatic rings. The highest BCUT2D eigenvalue weighted by Crippen LogP contribution is 2.17. The normalized spacial score (nSPS) is 18.2. The van der Waals surface area contributed by atoms with Gasteiger partial charge in [0, 0.05) is 26.1 Å². The van der Waals surface area contributed by atoms with Gasteiger partial charge >= 0.3 is 0 Å². The second kappa shape index (κ2) is 8.51. The number of aliphatic hydroxyl groups is 1. The molecular formula is C18H25FN4O2. The first-order valence-corrected chi connectivity index (χ1v) is 8.83. The lowest BCUT2D eigenvalue weighted by molar-refractivity contribution is 0.114. The average Bonchev–Trinajstić information content (AvgIpc) is 2.95. The molecule has 1 saturated heterocycles. The third-order valence-electron chi connectivity index (χ3n) is 4.52. The van der Waals surface area contributed by atoms with Crippen molar-refractivity contribution in [3.05, 3.63) is 47.4 Å². The smallest absolute Gasteiger partial charge is 0.226 e. The summed E-state index contributed by atoms with van der Waals surface area (Å²) in [5, 5.41) is 14.4. The van der Waals surface area contributed by atoms with Crippen molar-refractivity contribution in [2.24, 2.45) is 0 Å². The molecule has 0 amide bonds. The summed E-state index contributed by atoms with van der Waals surface area (Å²) in [6.45, 7) is 6.79. The molecule has 0 saturated carbocycles. The second-order valence-corrected chi connectivity index (χ2v) is 6.46. The van der Waals surface area contributed by atoms with E-state index in [0.29, 0.717) is 24.5 Å². The molecule has 136 valence electrons. The maximum Gasteiger partial charge on any atom is 0.226 e. The van der Waals surface area contributed by atoms with Crippen LogP contribution < -0.4 is 0 Å². The van der Waals surface area contributed by atoms with Gasteiger partial charge in [-0.1, -0.05) is 24.2 Å². The molecule has 0 bridgehead atoms. The summed E-state index contributed by atoms with van der Waals surface area (Å²) in [6, 6.07) is 6.19. The van der Waals surface area contributed by atoms with Gasteiger partial charge in [0.1, 0.15) is 5.82 Å². The van der Waals surface area contributed by atoms with Crippen LogP contribution in [0.5, 0.6) is 0 Å². The van der Waals surface area contributed by atoms with Crippen molar-refractivity contribution in [1.29, 1.82) is 0 Å². The van der Waals surface area contributed by atoms with Crippen LogP contribution in [0.2, 0.25) is 0 Å². The maximum atomic E-state index is 13.3. The summed E-state index contributed by atoms with van der Waals surface area (Å²) < 4.78 is 18.5. The molecule has 1 aliphatic heterocycles. The fourth-order valence-corrected chi connectivity index (χ4v) is 3.13. The van der Waals surface area contributed by atoms with Crippen LogP contribution in [0, 0.1) is 5.82 Å². The molecule has 0 aliphatic carbocycles. The van der Waals surface area contributed by atoms with E-state index in [-0.39, 0.29) is 5.82 Å². The summed E-state index contributed by atoms with van der Waals surface area (Å²) in [7, 11) is 0. The molecule has 1 aromatic heterocycles. The van der Waals surface area contributed by atoms with Gasteiger partial charge in [-0.2, -0.15) is 4.98 Å². The van der Waals surface area contributed by atoms with Crippen molar-refractivity contribution in [2.75, 3.05) is 32.7 Å². The number of β-amino-alcohol motifs (C(OH)–C–C–N with tert-alkyl or cyclic N) is 1. The lowest BCUT2D eigenvalue weighted by Gasteiger charge is -2.24. The summed E-state index contributed by atoms with van der Waals surface area (Å²) in [6.07, 6.45) is 1.08. The van der Waals surface area contributed by atoms with Gasteiger partial charge in [0.2, 0.25) is 5.89 Å². The minimum absolute atomic E-state index is 0.315. The van der Waals surface area contributed by atoms with Crippen LogP contribution in [0.1, 0.15) is 36.7 Å². The van der Waals surface area contributed by atoms with Crippen LogP contribution in [-0.4, -0.2) is 57.8 Å². The van der Waals surface area contributed by atoms with E-state index in [0.717, 1.165) is 44.8 Å². The molecule has 6 nitrogen and oxygen atoms in total. The number of aliphatic hydroxyl groups excluding tert-OH is 1. The molecular weight excluding hydrogens is 323 g/mol. The lowest BCUT2D eigenvalue weighted by atomic mass is 10.1. The minimum Gasteiger partial charge on any atom is -0.387 e. The van der Waals surface area contributed by atoms with Crippen LogP contribution >= 0.6 is 0 Å². The minimum atomic E-state index is -0.674. The first-order chi connectivity index (χ1) is 12.1. The van der Waals surface area contributed by atoms with Gasteiger partial charge in [-0.25, -0.2) is 4.39 Å². The van der Waals surface area contributed by atoms with Gasteiger partial charge in [0.25, 0.3) is 0 Å². The van der Waals surface area contributed by atoms with Crippen LogP contribution in [0.25, 0.3) is 0 Å². The van der Waals surface area contributed by atoms with Crippen molar-refractivity contribution >= 4 is 0 Å². The molecule has 1 aromatic carbocycles. The highest BCUT2D eigenvalue weighted by molar-refractivity contribution is 5.19. The lowest BCUT2D eigenvalue weighted by Crippen LogP contribution is -2.33. The fraction of sp³-hybridized carbons (Fsp3) is 0.556. The molecule has 2 aromatic rings. The Morgan fingerprint density at radius 1 is 1.24 bits per heavy atom. The number of halogens is 1. The van der Waals surface area contributed by atoms with Crippen LogP contribution in [0.4, 0.5) is 4.39 Å². The highest BCUT2D eigenvalue weighted by atomic mass is 19.1. The SMILES string of the molecule is CCc1nc(CN2CCCN(C[C@H](O)c3cccc(F)c3)CC2)no1. The Morgan fingerprint density at radius 2 is 2.04 bits per heavy atom. The molecule has 1 fully saturated rings. The van der Waals surface area contributed by atoms with E-state index in [1.54, 1.807) is 12.1 Å². The number of nitrogens with zero attached hydrogens (tertiary/aromatic N) is 4. The van der Waals surface area contributed by atoms with E-state index in [1.807, 2.05) is 6.92 Å². The van der Waals surface area contributed by atoms with Gasteiger partial charge < -0.3 is 9.63 Å². The van der Waals surface area contributed by atoms with Crippen molar-refractivity contribution in [1.82, 2.24) is 19.9 Å². The Hall–Kier alpha value is -1.83. The molecule has 1 N–H and O–H groups in total. The molecule has 0 radical (unpaired) electrons. The van der Waals surface area contributed by atoms with E-state index in [2.05, 4.69) is 19.9 Å². The third kappa shape index (κ3) is 5.07. The summed E-state index contributed by atoms with van der Waals surface area (Å²) in [5.74, 6) is 1.08. The monoisotopic (exact) mass is 348 g/mol. The van der Waals surface area contributed by atoms with Crippen LogP contribution in [0.15, 0.2) is 28.8 Å². The molecule has 7 heteroatoms. The summed E-state index contributed by atoms with van der Waals surface area (Å²) in [4.78, 5) is 8.89. The van der Waals surface area contributed by atoms with Gasteiger partial charge in [-0.15, -0.1) is 0 Å². The number of benzene rings is 1. The van der Waals surface area contributed by atoms with Gasteiger partial charge in [-0.05, 0) is 37.2 Å². The number of aromatic nitrogens is 2. The first-order valence-electron chi connectivity index (χ1n) is 8.83. The van der Waals surface area contributed by atoms with Crippen molar-refractivity contribution in [3.63, 3.8) is 0 Å². The van der Waals surface area contributed by atoms with Crippen LogP contribution in [0.3, 0.4) is 0 Å². The number of hydrogen-bond donors (Lipinski definition) is 1. The van der Waals surface area contributed by atoms with E-state index >= 15 is 0 Å². The van der Waals surface area contributed by atoms with E-state index in [1.165, 1.54) is 12.1 Å². The topological polar surface area (TPSA) is 65.6 Å². The van der Waals surface area contributed by atoms with E-state index in [9.17, 15) is 9.50 Å². The van der Waals surface area contributed by atoms with Crippen molar-refractivity contribution in [2.45, 2.75) is 32.4 Å². The zero-order valence-corrected chi connectivity index (χ0v) is 14.6. The highest BCUT2D eigenvalue weighted by Gasteiger charge is 2.19. The number of hydrogen-bond acceptors (Lipinski definition) is 6. The van der Waals surface area contributed by atoms with Gasteiger partial charge in [-0.3, -0.25) is 9.80 Å². The number of aryl methyl sites for hydroxylation is 1. The molecule has 25 heavy (non-hydrogen) atoms. The van der Waals surface area contributed by atoms with E-state index in [4.69, 9.17) is 4.52 Å². The van der Waals surface area contributed by atoms with Crippen molar-refractivity contribution < 1.29 is 14.0 Å². The Balaban J connectivity index is 1.51. The van der Waals surface area contributed by atoms with Gasteiger partial charge in [0.15, 0.2) is 5.82 Å². The number of rotatable bonds is 6. The van der Waals surface area contributed by atoms with Gasteiger partial charge in [0.05, 0.1) is 12.6 Å². The Labute approximate surface area is 147 Å².